The van der Waals surface area contributed by atoms with Crippen molar-refractivity contribution in [2.24, 2.45) is 11.7 Å². The topological polar surface area (TPSA) is 30.9 Å². The summed E-state index contributed by atoms with van der Waals surface area (Å²) in [5.74, 6) is 0.512. The molecule has 0 saturated carbocycles. The smallest absolute Gasteiger partial charge is 0.0333 e. The Labute approximate surface area is 74.4 Å². The van der Waals surface area contributed by atoms with E-state index in [1.807, 2.05) is 0 Å². The number of nitrogens with zero attached hydrogens (tertiary/aromatic N) is 1. The Kier molecular flexibility index (Phi) is 2.93. The van der Waals surface area contributed by atoms with E-state index in [1.165, 1.54) is 5.56 Å². The van der Waals surface area contributed by atoms with Gasteiger partial charge in [0.15, 0.2) is 0 Å². The Morgan fingerprint density at radius 3 is 2.58 bits per heavy atom. The van der Waals surface area contributed by atoms with Gasteiger partial charge in [-0.2, -0.15) is 0 Å². The minimum atomic E-state index is 0.179. The van der Waals surface area contributed by atoms with Gasteiger partial charge in [-0.3, -0.25) is 0 Å². The van der Waals surface area contributed by atoms with Crippen LogP contribution in [-0.2, 0) is 6.54 Å². The SMILES string of the molecule is CCn1ccc(C(N)C(C)C)c1. The molecule has 0 fully saturated rings. The van der Waals surface area contributed by atoms with Crippen LogP contribution in [0.3, 0.4) is 0 Å². The lowest BCUT2D eigenvalue weighted by atomic mass is 10.00. The summed E-state index contributed by atoms with van der Waals surface area (Å²) in [5.41, 5.74) is 7.23. The summed E-state index contributed by atoms with van der Waals surface area (Å²) in [5, 5.41) is 0. The summed E-state index contributed by atoms with van der Waals surface area (Å²) in [4.78, 5) is 0. The van der Waals surface area contributed by atoms with Gasteiger partial charge in [0.1, 0.15) is 0 Å². The Bertz CT molecular complexity index is 238. The summed E-state index contributed by atoms with van der Waals surface area (Å²) in [7, 11) is 0. The van der Waals surface area contributed by atoms with Gasteiger partial charge in [-0.1, -0.05) is 13.8 Å². The molecule has 1 aromatic rings. The molecule has 1 heterocycles. The van der Waals surface area contributed by atoms with Gasteiger partial charge in [-0.05, 0) is 24.5 Å². The highest BCUT2D eigenvalue weighted by Gasteiger charge is 2.10. The largest absolute Gasteiger partial charge is 0.354 e. The second-order valence-corrected chi connectivity index (χ2v) is 3.55. The van der Waals surface area contributed by atoms with Gasteiger partial charge in [-0.15, -0.1) is 0 Å². The zero-order chi connectivity index (χ0) is 9.14. The zero-order valence-corrected chi connectivity index (χ0v) is 8.12. The van der Waals surface area contributed by atoms with Crippen molar-refractivity contribution in [1.29, 1.82) is 0 Å². The van der Waals surface area contributed by atoms with Crippen molar-refractivity contribution in [1.82, 2.24) is 4.57 Å². The third-order valence-corrected chi connectivity index (χ3v) is 2.24. The van der Waals surface area contributed by atoms with Crippen LogP contribution >= 0.6 is 0 Å². The van der Waals surface area contributed by atoms with Crippen molar-refractivity contribution >= 4 is 0 Å². The Balaban J connectivity index is 2.74. The molecule has 68 valence electrons. The monoisotopic (exact) mass is 166 g/mol. The molecule has 0 aliphatic carbocycles. The predicted octanol–water partition coefficient (Wildman–Crippen LogP) is 2.16. The van der Waals surface area contributed by atoms with Crippen LogP contribution in [0.2, 0.25) is 0 Å². The normalized spacial score (nSPS) is 13.8. The minimum Gasteiger partial charge on any atom is -0.354 e. The van der Waals surface area contributed by atoms with Crippen molar-refractivity contribution < 1.29 is 0 Å². The van der Waals surface area contributed by atoms with Crippen LogP contribution in [0.5, 0.6) is 0 Å². The molecule has 2 heteroatoms. The Hall–Kier alpha value is -0.760. The Morgan fingerprint density at radius 1 is 1.50 bits per heavy atom. The van der Waals surface area contributed by atoms with Crippen molar-refractivity contribution in [3.05, 3.63) is 24.0 Å². The van der Waals surface area contributed by atoms with E-state index in [0.29, 0.717) is 5.92 Å². The van der Waals surface area contributed by atoms with Gasteiger partial charge in [-0.25, -0.2) is 0 Å². The van der Waals surface area contributed by atoms with E-state index < -0.39 is 0 Å². The average Bonchev–Trinajstić information content (AvgIpc) is 2.50. The zero-order valence-electron chi connectivity index (χ0n) is 8.12. The highest BCUT2D eigenvalue weighted by atomic mass is 14.9. The molecular formula is C10H18N2. The maximum atomic E-state index is 5.99. The summed E-state index contributed by atoms with van der Waals surface area (Å²) >= 11 is 0. The summed E-state index contributed by atoms with van der Waals surface area (Å²) in [6.07, 6.45) is 4.21. The molecule has 2 nitrogen and oxygen atoms in total. The van der Waals surface area contributed by atoms with E-state index >= 15 is 0 Å². The van der Waals surface area contributed by atoms with Crippen LogP contribution in [0.15, 0.2) is 18.5 Å². The lowest BCUT2D eigenvalue weighted by molar-refractivity contribution is 0.513. The van der Waals surface area contributed by atoms with Crippen molar-refractivity contribution in [2.75, 3.05) is 0 Å². The summed E-state index contributed by atoms with van der Waals surface area (Å²) < 4.78 is 2.15. The molecular weight excluding hydrogens is 148 g/mol. The molecule has 0 amide bonds. The first-order valence-corrected chi connectivity index (χ1v) is 4.56. The van der Waals surface area contributed by atoms with Gasteiger partial charge >= 0.3 is 0 Å². The molecule has 0 aliphatic rings. The van der Waals surface area contributed by atoms with E-state index in [9.17, 15) is 0 Å². The molecule has 0 spiro atoms. The van der Waals surface area contributed by atoms with E-state index in [4.69, 9.17) is 5.73 Å². The van der Waals surface area contributed by atoms with E-state index in [2.05, 4.69) is 43.8 Å². The van der Waals surface area contributed by atoms with Crippen molar-refractivity contribution in [3.8, 4) is 0 Å². The molecule has 0 radical (unpaired) electrons. The summed E-state index contributed by atoms with van der Waals surface area (Å²) in [6.45, 7) is 7.44. The molecule has 0 saturated heterocycles. The van der Waals surface area contributed by atoms with Crippen LogP contribution < -0.4 is 5.73 Å². The summed E-state index contributed by atoms with van der Waals surface area (Å²) in [6, 6.07) is 2.28. The van der Waals surface area contributed by atoms with Gasteiger partial charge in [0, 0.05) is 25.0 Å². The molecule has 2 N–H and O–H groups in total. The molecule has 12 heavy (non-hydrogen) atoms. The van der Waals surface area contributed by atoms with Crippen LogP contribution in [-0.4, -0.2) is 4.57 Å². The second-order valence-electron chi connectivity index (χ2n) is 3.55. The minimum absolute atomic E-state index is 0.179. The number of rotatable bonds is 3. The molecule has 1 rings (SSSR count). The lowest BCUT2D eigenvalue weighted by Crippen LogP contribution is -2.15. The van der Waals surface area contributed by atoms with Gasteiger partial charge in [0.2, 0.25) is 0 Å². The fourth-order valence-electron chi connectivity index (χ4n) is 1.24. The van der Waals surface area contributed by atoms with Gasteiger partial charge < -0.3 is 10.3 Å². The fourth-order valence-corrected chi connectivity index (χ4v) is 1.24. The van der Waals surface area contributed by atoms with Crippen LogP contribution in [0, 0.1) is 5.92 Å². The van der Waals surface area contributed by atoms with Crippen LogP contribution in [0.25, 0.3) is 0 Å². The van der Waals surface area contributed by atoms with Crippen molar-refractivity contribution in [3.63, 3.8) is 0 Å². The number of aromatic nitrogens is 1. The van der Waals surface area contributed by atoms with Crippen LogP contribution in [0.4, 0.5) is 0 Å². The van der Waals surface area contributed by atoms with Crippen LogP contribution in [0.1, 0.15) is 32.4 Å². The quantitative estimate of drug-likeness (QED) is 0.733. The van der Waals surface area contributed by atoms with Gasteiger partial charge in [0.25, 0.3) is 0 Å². The number of hydrogen-bond acceptors (Lipinski definition) is 1. The van der Waals surface area contributed by atoms with E-state index in [0.717, 1.165) is 6.54 Å². The highest BCUT2D eigenvalue weighted by molar-refractivity contribution is 5.15. The average molecular weight is 166 g/mol. The Morgan fingerprint density at radius 2 is 2.17 bits per heavy atom. The molecule has 0 aliphatic heterocycles. The molecule has 0 bridgehead atoms. The van der Waals surface area contributed by atoms with Crippen molar-refractivity contribution in [2.45, 2.75) is 33.4 Å². The first kappa shape index (κ1) is 9.33. The number of nitrogens with two attached hydrogens (primary N) is 1. The first-order chi connectivity index (χ1) is 5.65. The third kappa shape index (κ3) is 1.89. The van der Waals surface area contributed by atoms with E-state index in [-0.39, 0.29) is 6.04 Å². The number of aryl methyl sites for hydroxylation is 1. The maximum Gasteiger partial charge on any atom is 0.0333 e. The first-order valence-electron chi connectivity index (χ1n) is 4.56. The lowest BCUT2D eigenvalue weighted by Gasteiger charge is -2.13. The molecule has 1 atom stereocenters. The van der Waals surface area contributed by atoms with E-state index in [1.54, 1.807) is 0 Å². The highest BCUT2D eigenvalue weighted by Crippen LogP contribution is 2.18. The molecule has 1 unspecified atom stereocenters. The maximum absolute atomic E-state index is 5.99. The third-order valence-electron chi connectivity index (χ3n) is 2.24. The molecule has 1 aromatic heterocycles. The molecule has 0 aromatic carbocycles. The standard InChI is InChI=1S/C10H18N2/c1-4-12-6-5-9(7-12)10(11)8(2)3/h5-8,10H,4,11H2,1-3H3. The predicted molar refractivity (Wildman–Crippen MR) is 51.9 cm³/mol. The number of hydrogen-bond donors (Lipinski definition) is 1. The fraction of sp³-hybridized carbons (Fsp3) is 0.600. The van der Waals surface area contributed by atoms with Gasteiger partial charge in [0.05, 0.1) is 0 Å². The second kappa shape index (κ2) is 3.76.